The van der Waals surface area contributed by atoms with Gasteiger partial charge in [-0.25, -0.2) is 14.2 Å². The molecule has 0 radical (unpaired) electrons. The van der Waals surface area contributed by atoms with E-state index in [0.29, 0.717) is 6.07 Å². The molecule has 0 atom stereocenters. The van der Waals surface area contributed by atoms with E-state index in [1.165, 1.54) is 0 Å². The Kier molecular flexibility index (Phi) is 3.88. The van der Waals surface area contributed by atoms with E-state index in [2.05, 4.69) is 14.7 Å². The molecule has 0 aliphatic carbocycles. The minimum absolute atomic E-state index is 0.0197. The van der Waals surface area contributed by atoms with Gasteiger partial charge in [0.15, 0.2) is 0 Å². The third-order valence-corrected chi connectivity index (χ3v) is 2.57. The second-order valence-electron chi connectivity index (χ2n) is 3.95. The zero-order chi connectivity index (χ0) is 15.6. The van der Waals surface area contributed by atoms with Crippen LogP contribution in [-0.2, 0) is 10.9 Å². The Morgan fingerprint density at radius 3 is 2.43 bits per heavy atom. The first kappa shape index (κ1) is 14.9. The number of methoxy groups -OCH3 is 1. The minimum Gasteiger partial charge on any atom is -0.464 e. The zero-order valence-corrected chi connectivity index (χ0v) is 10.6. The molecular formula is C13H8F4N2O2. The first-order valence-corrected chi connectivity index (χ1v) is 5.61. The van der Waals surface area contributed by atoms with Gasteiger partial charge >= 0.3 is 12.1 Å². The quantitative estimate of drug-likeness (QED) is 0.632. The molecule has 2 heterocycles. The lowest BCUT2D eigenvalue weighted by Crippen LogP contribution is -2.08. The Morgan fingerprint density at radius 1 is 1.19 bits per heavy atom. The molecule has 0 unspecified atom stereocenters. The number of hydrogen-bond donors (Lipinski definition) is 0. The third-order valence-electron chi connectivity index (χ3n) is 2.57. The van der Waals surface area contributed by atoms with Crippen molar-refractivity contribution in [1.82, 2.24) is 9.97 Å². The van der Waals surface area contributed by atoms with E-state index < -0.39 is 23.7 Å². The topological polar surface area (TPSA) is 52.1 Å². The number of esters is 1. The molecule has 0 spiro atoms. The Hall–Kier alpha value is -2.51. The molecule has 2 aromatic rings. The number of carbonyl (C=O) groups is 1. The molecule has 110 valence electrons. The van der Waals surface area contributed by atoms with Crippen molar-refractivity contribution in [2.75, 3.05) is 7.11 Å². The van der Waals surface area contributed by atoms with Gasteiger partial charge in [-0.3, -0.25) is 4.98 Å². The van der Waals surface area contributed by atoms with Gasteiger partial charge in [0.2, 0.25) is 0 Å². The van der Waals surface area contributed by atoms with Crippen molar-refractivity contribution in [1.29, 1.82) is 0 Å². The van der Waals surface area contributed by atoms with Crippen LogP contribution in [0.15, 0.2) is 30.5 Å². The monoisotopic (exact) mass is 300 g/mol. The molecule has 21 heavy (non-hydrogen) atoms. The van der Waals surface area contributed by atoms with Crippen molar-refractivity contribution in [3.8, 4) is 11.3 Å². The summed E-state index contributed by atoms with van der Waals surface area (Å²) in [7, 11) is 1.13. The van der Waals surface area contributed by atoms with Crippen LogP contribution >= 0.6 is 0 Å². The highest BCUT2D eigenvalue weighted by Gasteiger charge is 2.32. The minimum atomic E-state index is -4.58. The summed E-state index contributed by atoms with van der Waals surface area (Å²) < 4.78 is 55.3. The van der Waals surface area contributed by atoms with E-state index in [1.54, 1.807) is 0 Å². The van der Waals surface area contributed by atoms with E-state index in [9.17, 15) is 22.4 Å². The number of aromatic nitrogens is 2. The molecule has 0 aliphatic heterocycles. The predicted molar refractivity (Wildman–Crippen MR) is 63.8 cm³/mol. The summed E-state index contributed by atoms with van der Waals surface area (Å²) in [4.78, 5) is 18.3. The molecule has 0 amide bonds. The highest BCUT2D eigenvalue weighted by molar-refractivity contribution is 5.87. The Labute approximate surface area is 116 Å². The van der Waals surface area contributed by atoms with Gasteiger partial charge in [-0.2, -0.15) is 13.2 Å². The first-order valence-electron chi connectivity index (χ1n) is 5.61. The second kappa shape index (κ2) is 5.47. The van der Waals surface area contributed by atoms with Crippen molar-refractivity contribution >= 4 is 5.97 Å². The lowest BCUT2D eigenvalue weighted by Gasteiger charge is -2.07. The maximum absolute atomic E-state index is 13.7. The summed E-state index contributed by atoms with van der Waals surface area (Å²) >= 11 is 0. The van der Waals surface area contributed by atoms with Crippen LogP contribution in [0.1, 0.15) is 16.2 Å². The molecule has 0 saturated carbocycles. The summed E-state index contributed by atoms with van der Waals surface area (Å²) in [5.74, 6) is -1.57. The largest absolute Gasteiger partial charge is 0.464 e. The molecule has 0 N–H and O–H groups in total. The fourth-order valence-corrected chi connectivity index (χ4v) is 1.56. The molecule has 0 bridgehead atoms. The van der Waals surface area contributed by atoms with Crippen LogP contribution in [0.4, 0.5) is 17.6 Å². The molecule has 2 rings (SSSR count). The van der Waals surface area contributed by atoms with Crippen LogP contribution < -0.4 is 0 Å². The number of alkyl halides is 3. The lowest BCUT2D eigenvalue weighted by molar-refractivity contribution is -0.141. The number of halogens is 4. The summed E-state index contributed by atoms with van der Waals surface area (Å²) in [6.07, 6.45) is -3.74. The molecule has 2 aromatic heterocycles. The standard InChI is InChI=1S/C13H8F4N2O2/c1-21-12(20)9-4-3-8(14)11(19-9)7-2-5-10(18-6-7)13(15,16)17/h2-6H,1H3. The van der Waals surface area contributed by atoms with Crippen LogP contribution in [-0.4, -0.2) is 23.0 Å². The average molecular weight is 300 g/mol. The fourth-order valence-electron chi connectivity index (χ4n) is 1.56. The number of pyridine rings is 2. The van der Waals surface area contributed by atoms with Crippen LogP contribution in [0.5, 0.6) is 0 Å². The normalized spacial score (nSPS) is 11.3. The van der Waals surface area contributed by atoms with E-state index >= 15 is 0 Å². The van der Waals surface area contributed by atoms with Gasteiger partial charge < -0.3 is 4.74 Å². The highest BCUT2D eigenvalue weighted by Crippen LogP contribution is 2.29. The van der Waals surface area contributed by atoms with Gasteiger partial charge in [0.05, 0.1) is 7.11 Å². The number of carbonyl (C=O) groups excluding carboxylic acids is 1. The van der Waals surface area contributed by atoms with Gasteiger partial charge in [-0.15, -0.1) is 0 Å². The van der Waals surface area contributed by atoms with Gasteiger partial charge in [-0.05, 0) is 24.3 Å². The van der Waals surface area contributed by atoms with Crippen LogP contribution in [0.3, 0.4) is 0 Å². The van der Waals surface area contributed by atoms with Gasteiger partial charge in [0.25, 0.3) is 0 Å². The van der Waals surface area contributed by atoms with Crippen molar-refractivity contribution in [3.05, 3.63) is 47.7 Å². The Bertz CT molecular complexity index is 669. The summed E-state index contributed by atoms with van der Waals surface area (Å²) in [6, 6.07) is 3.83. The maximum atomic E-state index is 13.7. The second-order valence-corrected chi connectivity index (χ2v) is 3.95. The molecule has 0 saturated heterocycles. The number of hydrogen-bond acceptors (Lipinski definition) is 4. The molecule has 8 heteroatoms. The number of nitrogens with zero attached hydrogens (tertiary/aromatic N) is 2. The lowest BCUT2D eigenvalue weighted by atomic mass is 10.1. The average Bonchev–Trinajstić information content (AvgIpc) is 2.46. The van der Waals surface area contributed by atoms with Crippen molar-refractivity contribution in [3.63, 3.8) is 0 Å². The van der Waals surface area contributed by atoms with Gasteiger partial charge in [0.1, 0.15) is 22.9 Å². The maximum Gasteiger partial charge on any atom is 0.433 e. The van der Waals surface area contributed by atoms with Gasteiger partial charge in [-0.1, -0.05) is 0 Å². The number of rotatable bonds is 2. The fraction of sp³-hybridized carbons (Fsp3) is 0.154. The van der Waals surface area contributed by atoms with E-state index in [0.717, 1.165) is 31.5 Å². The molecule has 0 aromatic carbocycles. The Balaban J connectivity index is 2.44. The van der Waals surface area contributed by atoms with E-state index in [-0.39, 0.29) is 17.0 Å². The van der Waals surface area contributed by atoms with Crippen molar-refractivity contribution in [2.45, 2.75) is 6.18 Å². The van der Waals surface area contributed by atoms with E-state index in [4.69, 9.17) is 0 Å². The Morgan fingerprint density at radius 2 is 1.90 bits per heavy atom. The first-order chi connectivity index (χ1) is 9.82. The van der Waals surface area contributed by atoms with Crippen LogP contribution in [0.2, 0.25) is 0 Å². The summed E-state index contributed by atoms with van der Waals surface area (Å²) in [6.45, 7) is 0. The highest BCUT2D eigenvalue weighted by atomic mass is 19.4. The van der Waals surface area contributed by atoms with E-state index in [1.807, 2.05) is 0 Å². The van der Waals surface area contributed by atoms with Crippen molar-refractivity contribution < 1.29 is 27.1 Å². The summed E-state index contributed by atoms with van der Waals surface area (Å²) in [5.41, 5.74) is -1.52. The molecule has 4 nitrogen and oxygen atoms in total. The zero-order valence-electron chi connectivity index (χ0n) is 10.6. The smallest absolute Gasteiger partial charge is 0.433 e. The molecule has 0 aliphatic rings. The third kappa shape index (κ3) is 3.15. The molecular weight excluding hydrogens is 292 g/mol. The predicted octanol–water partition coefficient (Wildman–Crippen LogP) is 3.09. The number of ether oxygens (including phenoxy) is 1. The SMILES string of the molecule is COC(=O)c1ccc(F)c(-c2ccc(C(F)(F)F)nc2)n1. The van der Waals surface area contributed by atoms with Crippen LogP contribution in [0.25, 0.3) is 11.3 Å². The van der Waals surface area contributed by atoms with Gasteiger partial charge in [0, 0.05) is 11.8 Å². The van der Waals surface area contributed by atoms with Crippen LogP contribution in [0, 0.1) is 5.82 Å². The summed E-state index contributed by atoms with van der Waals surface area (Å²) in [5, 5.41) is 0. The molecule has 0 fully saturated rings. The van der Waals surface area contributed by atoms with Crippen molar-refractivity contribution in [2.24, 2.45) is 0 Å².